The maximum absolute atomic E-state index is 11.9. The van der Waals surface area contributed by atoms with Crippen LogP contribution in [0.5, 0.6) is 0 Å². The van der Waals surface area contributed by atoms with E-state index < -0.39 is 5.60 Å². The normalized spacial score (nSPS) is 52.2. The van der Waals surface area contributed by atoms with Crippen molar-refractivity contribution in [3.63, 3.8) is 0 Å². The van der Waals surface area contributed by atoms with E-state index in [1.54, 1.807) is 0 Å². The third-order valence-electron chi connectivity index (χ3n) is 3.52. The monoisotopic (exact) mass is 139 g/mol. The Morgan fingerprint density at radius 2 is 2.30 bits per heavy atom. The van der Waals surface area contributed by atoms with Gasteiger partial charge in [-0.1, -0.05) is 6.92 Å². The van der Waals surface area contributed by atoms with E-state index in [9.17, 15) is 5.11 Å². The first kappa shape index (κ1) is 6.66. The molecule has 1 heteroatoms. The summed E-state index contributed by atoms with van der Waals surface area (Å²) < 4.78 is 0. The quantitative estimate of drug-likeness (QED) is 0.531. The maximum atomic E-state index is 11.9. The Morgan fingerprint density at radius 3 is 2.60 bits per heavy atom. The van der Waals surface area contributed by atoms with Gasteiger partial charge in [-0.25, -0.2) is 5.11 Å². The smallest absolute Gasteiger partial charge is 0.106 e. The molecule has 0 aromatic rings. The molecular formula is C9H15O. The van der Waals surface area contributed by atoms with Gasteiger partial charge in [-0.05, 0) is 43.9 Å². The lowest BCUT2D eigenvalue weighted by atomic mass is 9.82. The van der Waals surface area contributed by atoms with Crippen molar-refractivity contribution in [2.45, 2.75) is 44.6 Å². The molecule has 0 aliphatic heterocycles. The van der Waals surface area contributed by atoms with Gasteiger partial charge in [-0.15, -0.1) is 0 Å². The second-order valence-electron chi connectivity index (χ2n) is 4.00. The van der Waals surface area contributed by atoms with Crippen molar-refractivity contribution < 1.29 is 5.11 Å². The lowest BCUT2D eigenvalue weighted by molar-refractivity contribution is -0.0758. The van der Waals surface area contributed by atoms with Crippen molar-refractivity contribution in [1.29, 1.82) is 0 Å². The summed E-state index contributed by atoms with van der Waals surface area (Å²) in [6.45, 7) is 2.05. The van der Waals surface area contributed by atoms with Gasteiger partial charge in [0.1, 0.15) is 5.60 Å². The summed E-state index contributed by atoms with van der Waals surface area (Å²) in [5.74, 6) is 1.35. The van der Waals surface area contributed by atoms with Gasteiger partial charge in [0, 0.05) is 0 Å². The molecular weight excluding hydrogens is 124 g/mol. The van der Waals surface area contributed by atoms with E-state index in [0.717, 1.165) is 18.8 Å². The van der Waals surface area contributed by atoms with E-state index in [4.69, 9.17) is 0 Å². The number of hydrogen-bond donors (Lipinski definition) is 0. The van der Waals surface area contributed by atoms with Crippen LogP contribution in [0.15, 0.2) is 0 Å². The first-order valence-electron chi connectivity index (χ1n) is 4.45. The Morgan fingerprint density at radius 1 is 1.50 bits per heavy atom. The van der Waals surface area contributed by atoms with Crippen LogP contribution in [-0.2, 0) is 5.11 Å². The second-order valence-corrected chi connectivity index (χ2v) is 4.00. The van der Waals surface area contributed by atoms with Crippen molar-refractivity contribution in [1.82, 2.24) is 0 Å². The number of hydrogen-bond acceptors (Lipinski definition) is 0. The summed E-state index contributed by atoms with van der Waals surface area (Å²) in [7, 11) is 0. The van der Waals surface area contributed by atoms with Crippen LogP contribution < -0.4 is 0 Å². The fourth-order valence-corrected chi connectivity index (χ4v) is 2.83. The Balaban J connectivity index is 2.14. The summed E-state index contributed by atoms with van der Waals surface area (Å²) in [6, 6.07) is 0. The van der Waals surface area contributed by atoms with Crippen LogP contribution in [0.25, 0.3) is 0 Å². The summed E-state index contributed by atoms with van der Waals surface area (Å²) in [5, 5.41) is 11.9. The van der Waals surface area contributed by atoms with E-state index in [1.165, 1.54) is 19.3 Å². The fourth-order valence-electron chi connectivity index (χ4n) is 2.83. The first-order valence-corrected chi connectivity index (χ1v) is 4.45. The molecule has 1 radical (unpaired) electrons. The predicted molar refractivity (Wildman–Crippen MR) is 39.2 cm³/mol. The highest BCUT2D eigenvalue weighted by Gasteiger charge is 2.49. The Labute approximate surface area is 62.4 Å². The molecule has 0 heterocycles. The lowest BCUT2D eigenvalue weighted by Gasteiger charge is -2.28. The summed E-state index contributed by atoms with van der Waals surface area (Å²) in [6.07, 6.45) is 5.65. The van der Waals surface area contributed by atoms with E-state index in [-0.39, 0.29) is 0 Å². The minimum Gasteiger partial charge on any atom is -0.229 e. The number of rotatable bonds is 1. The topological polar surface area (TPSA) is 19.9 Å². The summed E-state index contributed by atoms with van der Waals surface area (Å²) in [5.41, 5.74) is -0.497. The highest BCUT2D eigenvalue weighted by Crippen LogP contribution is 2.52. The van der Waals surface area contributed by atoms with Crippen LogP contribution in [0.1, 0.15) is 39.0 Å². The minimum atomic E-state index is -0.497. The third-order valence-corrected chi connectivity index (χ3v) is 3.52. The molecule has 0 amide bonds. The molecule has 3 atom stereocenters. The van der Waals surface area contributed by atoms with Gasteiger partial charge in [0.05, 0.1) is 0 Å². The van der Waals surface area contributed by atoms with Gasteiger partial charge in [0.25, 0.3) is 0 Å². The van der Waals surface area contributed by atoms with Gasteiger partial charge >= 0.3 is 0 Å². The SMILES string of the molecule is CCC1([O])CC2CCC1C2. The van der Waals surface area contributed by atoms with Gasteiger partial charge in [-0.3, -0.25) is 0 Å². The molecule has 2 aliphatic rings. The molecule has 2 saturated carbocycles. The zero-order valence-corrected chi connectivity index (χ0v) is 6.60. The van der Waals surface area contributed by atoms with E-state index in [2.05, 4.69) is 0 Å². The second kappa shape index (κ2) is 1.97. The zero-order chi connectivity index (χ0) is 7.19. The molecule has 0 aromatic carbocycles. The Bertz CT molecular complexity index is 144. The van der Waals surface area contributed by atoms with Crippen molar-refractivity contribution in [2.75, 3.05) is 0 Å². The minimum absolute atomic E-state index is 0.497. The van der Waals surface area contributed by atoms with Crippen LogP contribution in [0, 0.1) is 11.8 Å². The molecule has 1 nitrogen and oxygen atoms in total. The average molecular weight is 139 g/mol. The molecule has 2 aliphatic carbocycles. The fraction of sp³-hybridized carbons (Fsp3) is 1.00. The molecule has 0 aromatic heterocycles. The van der Waals surface area contributed by atoms with E-state index in [1.807, 2.05) is 6.92 Å². The van der Waals surface area contributed by atoms with Crippen LogP contribution in [0.2, 0.25) is 0 Å². The van der Waals surface area contributed by atoms with Crippen LogP contribution in [0.4, 0.5) is 0 Å². The van der Waals surface area contributed by atoms with Gasteiger partial charge < -0.3 is 0 Å². The van der Waals surface area contributed by atoms with E-state index >= 15 is 0 Å². The molecule has 57 valence electrons. The molecule has 0 spiro atoms. The van der Waals surface area contributed by atoms with Crippen LogP contribution in [0.3, 0.4) is 0 Å². The largest absolute Gasteiger partial charge is 0.229 e. The molecule has 0 N–H and O–H groups in total. The lowest BCUT2D eigenvalue weighted by Crippen LogP contribution is -2.32. The molecule has 10 heavy (non-hydrogen) atoms. The van der Waals surface area contributed by atoms with E-state index in [0.29, 0.717) is 5.92 Å². The zero-order valence-electron chi connectivity index (χ0n) is 6.60. The molecule has 2 rings (SSSR count). The van der Waals surface area contributed by atoms with Gasteiger partial charge in [-0.2, -0.15) is 0 Å². The highest BCUT2D eigenvalue weighted by atomic mass is 16.3. The molecule has 2 fully saturated rings. The third kappa shape index (κ3) is 0.731. The Hall–Kier alpha value is -0.0400. The van der Waals surface area contributed by atoms with Crippen molar-refractivity contribution >= 4 is 0 Å². The summed E-state index contributed by atoms with van der Waals surface area (Å²) in [4.78, 5) is 0. The maximum Gasteiger partial charge on any atom is 0.106 e. The molecule has 0 saturated heterocycles. The average Bonchev–Trinajstić information content (AvgIpc) is 2.46. The standard InChI is InChI=1S/C9H15O/c1-2-9(10)6-7-3-4-8(9)5-7/h7-8H,2-6H2,1H3. The van der Waals surface area contributed by atoms with Gasteiger partial charge in [0.2, 0.25) is 0 Å². The van der Waals surface area contributed by atoms with Crippen molar-refractivity contribution in [3.05, 3.63) is 0 Å². The van der Waals surface area contributed by atoms with Gasteiger partial charge in [0.15, 0.2) is 0 Å². The van der Waals surface area contributed by atoms with Crippen LogP contribution in [-0.4, -0.2) is 5.60 Å². The Kier molecular flexibility index (Phi) is 1.31. The van der Waals surface area contributed by atoms with Crippen LogP contribution >= 0.6 is 0 Å². The number of fused-ring (bicyclic) bond motifs is 2. The predicted octanol–water partition coefficient (Wildman–Crippen LogP) is 2.39. The molecule has 3 unspecified atom stereocenters. The highest BCUT2D eigenvalue weighted by molar-refractivity contribution is 4.99. The first-order chi connectivity index (χ1) is 4.74. The molecule has 2 bridgehead atoms. The van der Waals surface area contributed by atoms with Crippen molar-refractivity contribution in [3.8, 4) is 0 Å². The van der Waals surface area contributed by atoms with Crippen molar-refractivity contribution in [2.24, 2.45) is 11.8 Å². The summed E-state index contributed by atoms with van der Waals surface area (Å²) >= 11 is 0.